The lowest BCUT2D eigenvalue weighted by Gasteiger charge is -2.35. The number of benzene rings is 6. The molecule has 0 bridgehead atoms. The lowest BCUT2D eigenvalue weighted by Crippen LogP contribution is -2.29. The van der Waals surface area contributed by atoms with E-state index in [1.807, 2.05) is 0 Å². The standard InChI is InChI=1S/C37H32N2/c1-21-13-29(14-22(2)35(21)38)37(30-15-23(3)36(39)24(4)16-30)33-12-8-7-11-31(33)32-19-27-17-25-9-5-6-10-26(25)18-28(27)20-34(32)37/h5-20H,38-39H2,1-4H3. The van der Waals surface area contributed by atoms with Crippen molar-refractivity contribution < 1.29 is 0 Å². The second kappa shape index (κ2) is 8.22. The van der Waals surface area contributed by atoms with Gasteiger partial charge >= 0.3 is 0 Å². The quantitative estimate of drug-likeness (QED) is 0.183. The normalized spacial score (nSPS) is 13.5. The average Bonchev–Trinajstić information content (AvgIpc) is 3.21. The van der Waals surface area contributed by atoms with E-state index in [4.69, 9.17) is 11.5 Å². The highest BCUT2D eigenvalue weighted by Crippen LogP contribution is 2.57. The molecular weight excluding hydrogens is 472 g/mol. The van der Waals surface area contributed by atoms with Crippen molar-refractivity contribution in [3.8, 4) is 11.1 Å². The number of nitrogen functional groups attached to an aromatic ring is 2. The van der Waals surface area contributed by atoms with Gasteiger partial charge in [0.25, 0.3) is 0 Å². The van der Waals surface area contributed by atoms with Gasteiger partial charge in [-0.05, 0) is 129 Å². The van der Waals surface area contributed by atoms with E-state index in [9.17, 15) is 0 Å². The number of fused-ring (bicyclic) bond motifs is 5. The van der Waals surface area contributed by atoms with Crippen LogP contribution in [0.1, 0.15) is 44.5 Å². The van der Waals surface area contributed by atoms with E-state index in [1.54, 1.807) is 0 Å². The van der Waals surface area contributed by atoms with Gasteiger partial charge in [0.1, 0.15) is 0 Å². The zero-order chi connectivity index (χ0) is 27.1. The fourth-order valence-electron chi connectivity index (χ4n) is 6.89. The molecule has 2 heteroatoms. The van der Waals surface area contributed by atoms with Gasteiger partial charge in [0.15, 0.2) is 0 Å². The second-order valence-corrected chi connectivity index (χ2v) is 11.3. The minimum absolute atomic E-state index is 0.502. The van der Waals surface area contributed by atoms with Crippen LogP contribution in [-0.2, 0) is 5.41 Å². The third kappa shape index (κ3) is 3.21. The zero-order valence-electron chi connectivity index (χ0n) is 22.9. The summed E-state index contributed by atoms with van der Waals surface area (Å²) in [5, 5.41) is 5.02. The summed E-state index contributed by atoms with van der Waals surface area (Å²) in [5.41, 5.74) is 26.3. The summed E-state index contributed by atoms with van der Waals surface area (Å²) in [6, 6.07) is 36.2. The molecule has 0 amide bonds. The molecule has 0 fully saturated rings. The molecule has 0 atom stereocenters. The van der Waals surface area contributed by atoms with Crippen LogP contribution in [0, 0.1) is 27.7 Å². The van der Waals surface area contributed by atoms with Crippen LogP contribution >= 0.6 is 0 Å². The van der Waals surface area contributed by atoms with E-state index in [2.05, 4.69) is 125 Å². The summed E-state index contributed by atoms with van der Waals surface area (Å²) < 4.78 is 0. The SMILES string of the molecule is Cc1cc(C2(c3cc(C)c(N)c(C)c3)c3ccccc3-c3cc4cc5ccccc5cc4cc32)cc(C)c1N. The van der Waals surface area contributed by atoms with Gasteiger partial charge in [-0.15, -0.1) is 0 Å². The highest BCUT2D eigenvalue weighted by Gasteiger charge is 2.46. The van der Waals surface area contributed by atoms with Gasteiger partial charge in [0.05, 0.1) is 5.41 Å². The molecule has 0 heterocycles. The Bertz CT molecular complexity index is 1870. The van der Waals surface area contributed by atoms with Crippen molar-refractivity contribution in [1.29, 1.82) is 0 Å². The summed E-state index contributed by atoms with van der Waals surface area (Å²) in [7, 11) is 0. The number of rotatable bonds is 2. The summed E-state index contributed by atoms with van der Waals surface area (Å²) in [6.45, 7) is 8.47. The smallest absolute Gasteiger partial charge is 0.0714 e. The summed E-state index contributed by atoms with van der Waals surface area (Å²) in [5.74, 6) is 0. The molecule has 6 aromatic carbocycles. The molecule has 6 aromatic rings. The molecule has 0 saturated heterocycles. The first-order chi connectivity index (χ1) is 18.8. The van der Waals surface area contributed by atoms with E-state index in [0.29, 0.717) is 0 Å². The molecule has 190 valence electrons. The molecule has 0 radical (unpaired) electrons. The Morgan fingerprint density at radius 3 is 1.44 bits per heavy atom. The van der Waals surface area contributed by atoms with Crippen LogP contribution < -0.4 is 11.5 Å². The lowest BCUT2D eigenvalue weighted by atomic mass is 9.66. The van der Waals surface area contributed by atoms with Crippen molar-refractivity contribution in [2.75, 3.05) is 11.5 Å². The van der Waals surface area contributed by atoms with Crippen LogP contribution in [0.2, 0.25) is 0 Å². The predicted molar refractivity (Wildman–Crippen MR) is 167 cm³/mol. The van der Waals surface area contributed by atoms with Crippen molar-refractivity contribution in [2.24, 2.45) is 0 Å². The number of hydrogen-bond donors (Lipinski definition) is 2. The summed E-state index contributed by atoms with van der Waals surface area (Å²) >= 11 is 0. The van der Waals surface area contributed by atoms with E-state index in [1.165, 1.54) is 54.9 Å². The molecule has 0 saturated carbocycles. The van der Waals surface area contributed by atoms with Gasteiger partial charge in [0, 0.05) is 11.4 Å². The maximum atomic E-state index is 6.50. The number of hydrogen-bond acceptors (Lipinski definition) is 2. The Balaban J connectivity index is 1.69. The molecule has 0 unspecified atom stereocenters. The molecule has 39 heavy (non-hydrogen) atoms. The fourth-order valence-corrected chi connectivity index (χ4v) is 6.89. The van der Waals surface area contributed by atoms with Crippen molar-refractivity contribution in [1.82, 2.24) is 0 Å². The second-order valence-electron chi connectivity index (χ2n) is 11.3. The fraction of sp³-hybridized carbons (Fsp3) is 0.135. The third-order valence-electron chi connectivity index (χ3n) is 8.92. The van der Waals surface area contributed by atoms with E-state index in [0.717, 1.165) is 33.6 Å². The maximum Gasteiger partial charge on any atom is 0.0714 e. The highest BCUT2D eigenvalue weighted by molar-refractivity contribution is 6.02. The Kier molecular flexibility index (Phi) is 4.96. The third-order valence-corrected chi connectivity index (χ3v) is 8.92. The van der Waals surface area contributed by atoms with Crippen LogP contribution in [0.15, 0.2) is 97.1 Å². The van der Waals surface area contributed by atoms with Crippen LogP contribution in [0.3, 0.4) is 0 Å². The van der Waals surface area contributed by atoms with Gasteiger partial charge in [-0.3, -0.25) is 0 Å². The van der Waals surface area contributed by atoms with Crippen molar-refractivity contribution in [2.45, 2.75) is 33.1 Å². The molecule has 1 aliphatic rings. The van der Waals surface area contributed by atoms with E-state index in [-0.39, 0.29) is 0 Å². The van der Waals surface area contributed by atoms with Crippen molar-refractivity contribution in [3.05, 3.63) is 142 Å². The summed E-state index contributed by atoms with van der Waals surface area (Å²) in [4.78, 5) is 0. The predicted octanol–water partition coefficient (Wildman–Crippen LogP) is 8.75. The first-order valence-electron chi connectivity index (χ1n) is 13.6. The first-order valence-corrected chi connectivity index (χ1v) is 13.6. The largest absolute Gasteiger partial charge is 0.398 e. The first kappa shape index (κ1) is 23.5. The highest BCUT2D eigenvalue weighted by atomic mass is 14.6. The van der Waals surface area contributed by atoms with Crippen molar-refractivity contribution >= 4 is 32.9 Å². The molecule has 2 nitrogen and oxygen atoms in total. The Morgan fingerprint density at radius 2 is 0.897 bits per heavy atom. The Morgan fingerprint density at radius 1 is 0.436 bits per heavy atom. The average molecular weight is 505 g/mol. The molecular formula is C37H32N2. The number of nitrogens with two attached hydrogens (primary N) is 2. The Labute approximate surface area is 229 Å². The topological polar surface area (TPSA) is 52.0 Å². The molecule has 1 aliphatic carbocycles. The van der Waals surface area contributed by atoms with E-state index < -0.39 is 5.41 Å². The van der Waals surface area contributed by atoms with Crippen molar-refractivity contribution in [3.63, 3.8) is 0 Å². The van der Waals surface area contributed by atoms with Gasteiger partial charge in [-0.2, -0.15) is 0 Å². The van der Waals surface area contributed by atoms with Gasteiger partial charge in [-0.1, -0.05) is 72.8 Å². The van der Waals surface area contributed by atoms with Crippen LogP contribution in [0.25, 0.3) is 32.7 Å². The molecule has 0 aromatic heterocycles. The minimum atomic E-state index is -0.502. The van der Waals surface area contributed by atoms with Gasteiger partial charge in [-0.25, -0.2) is 0 Å². The molecule has 0 aliphatic heterocycles. The van der Waals surface area contributed by atoms with Gasteiger partial charge in [0.2, 0.25) is 0 Å². The van der Waals surface area contributed by atoms with E-state index >= 15 is 0 Å². The van der Waals surface area contributed by atoms with Crippen LogP contribution in [0.4, 0.5) is 11.4 Å². The molecule has 7 rings (SSSR count). The zero-order valence-corrected chi connectivity index (χ0v) is 22.9. The lowest BCUT2D eigenvalue weighted by molar-refractivity contribution is 0.765. The minimum Gasteiger partial charge on any atom is -0.398 e. The monoisotopic (exact) mass is 504 g/mol. The number of aryl methyl sites for hydroxylation is 4. The van der Waals surface area contributed by atoms with Crippen LogP contribution in [-0.4, -0.2) is 0 Å². The molecule has 0 spiro atoms. The maximum absolute atomic E-state index is 6.50. The number of anilines is 2. The van der Waals surface area contributed by atoms with Gasteiger partial charge < -0.3 is 11.5 Å². The summed E-state index contributed by atoms with van der Waals surface area (Å²) in [6.07, 6.45) is 0. The Hall–Kier alpha value is -4.56. The molecule has 4 N–H and O–H groups in total. The van der Waals surface area contributed by atoms with Crippen LogP contribution in [0.5, 0.6) is 0 Å².